The summed E-state index contributed by atoms with van der Waals surface area (Å²) in [5.74, 6) is 0.599. The number of hydrogen-bond acceptors (Lipinski definition) is 2. The van der Waals surface area contributed by atoms with Gasteiger partial charge in [-0.15, -0.1) is 0 Å². The quantitative estimate of drug-likeness (QED) is 0.679. The van der Waals surface area contributed by atoms with E-state index in [1.54, 1.807) is 16.9 Å². The van der Waals surface area contributed by atoms with E-state index in [1.165, 1.54) is 0 Å². The van der Waals surface area contributed by atoms with Crippen molar-refractivity contribution in [2.24, 2.45) is 0 Å². The van der Waals surface area contributed by atoms with Crippen LogP contribution in [0.2, 0.25) is 5.02 Å². The molecular formula is C18H15BrClN3O. The Morgan fingerprint density at radius 2 is 1.71 bits per heavy atom. The van der Waals surface area contributed by atoms with E-state index in [0.717, 1.165) is 15.6 Å². The Hall–Kier alpha value is -2.11. The lowest BCUT2D eigenvalue weighted by Gasteiger charge is -2.09. The zero-order valence-electron chi connectivity index (χ0n) is 12.7. The Balaban J connectivity index is 1.65. The number of nitrogens with zero attached hydrogens (tertiary/aromatic N) is 2. The Morgan fingerprint density at radius 3 is 2.42 bits per heavy atom. The Morgan fingerprint density at radius 1 is 1.04 bits per heavy atom. The van der Waals surface area contributed by atoms with Crippen molar-refractivity contribution in [1.29, 1.82) is 0 Å². The fourth-order valence-electron chi connectivity index (χ4n) is 2.30. The van der Waals surface area contributed by atoms with Gasteiger partial charge in [-0.25, -0.2) is 4.68 Å². The summed E-state index contributed by atoms with van der Waals surface area (Å²) in [6, 6.07) is 17.0. The van der Waals surface area contributed by atoms with Gasteiger partial charge < -0.3 is 5.32 Å². The molecule has 1 N–H and O–H groups in total. The van der Waals surface area contributed by atoms with Crippen molar-refractivity contribution >= 4 is 39.3 Å². The fraction of sp³-hybridized carbons (Fsp3) is 0.111. The SMILES string of the molecule is O=C(Cc1ccc(Br)cc1)Nc1ccnn1Cc1ccc(Cl)cc1. The maximum Gasteiger partial charge on any atom is 0.229 e. The number of rotatable bonds is 5. The van der Waals surface area contributed by atoms with E-state index in [0.29, 0.717) is 23.8 Å². The number of benzene rings is 2. The van der Waals surface area contributed by atoms with Crippen LogP contribution in [0.25, 0.3) is 0 Å². The van der Waals surface area contributed by atoms with Crippen molar-refractivity contribution in [1.82, 2.24) is 9.78 Å². The van der Waals surface area contributed by atoms with Crippen molar-refractivity contribution in [2.45, 2.75) is 13.0 Å². The Kier molecular flexibility index (Phi) is 5.33. The van der Waals surface area contributed by atoms with Gasteiger partial charge in [0, 0.05) is 15.6 Å². The summed E-state index contributed by atoms with van der Waals surface area (Å²) >= 11 is 9.28. The van der Waals surface area contributed by atoms with Gasteiger partial charge in [-0.2, -0.15) is 5.10 Å². The molecule has 0 unspecified atom stereocenters. The first-order chi connectivity index (χ1) is 11.6. The van der Waals surface area contributed by atoms with E-state index in [-0.39, 0.29) is 5.91 Å². The predicted molar refractivity (Wildman–Crippen MR) is 99.3 cm³/mol. The van der Waals surface area contributed by atoms with Crippen molar-refractivity contribution in [3.63, 3.8) is 0 Å². The van der Waals surface area contributed by atoms with Crippen molar-refractivity contribution < 1.29 is 4.79 Å². The highest BCUT2D eigenvalue weighted by molar-refractivity contribution is 9.10. The van der Waals surface area contributed by atoms with E-state index in [9.17, 15) is 4.79 Å². The molecule has 0 fully saturated rings. The molecule has 1 aromatic heterocycles. The van der Waals surface area contributed by atoms with E-state index in [4.69, 9.17) is 11.6 Å². The fourth-order valence-corrected chi connectivity index (χ4v) is 2.69. The molecule has 122 valence electrons. The zero-order chi connectivity index (χ0) is 16.9. The minimum Gasteiger partial charge on any atom is -0.311 e. The minimum atomic E-state index is -0.0739. The molecule has 0 bridgehead atoms. The van der Waals surface area contributed by atoms with Gasteiger partial charge in [-0.3, -0.25) is 4.79 Å². The van der Waals surface area contributed by atoms with Crippen LogP contribution < -0.4 is 5.32 Å². The second-order valence-electron chi connectivity index (χ2n) is 5.35. The molecule has 1 amide bonds. The number of hydrogen-bond donors (Lipinski definition) is 1. The van der Waals surface area contributed by atoms with Gasteiger partial charge in [0.2, 0.25) is 5.91 Å². The van der Waals surface area contributed by atoms with Crippen LogP contribution in [0.1, 0.15) is 11.1 Å². The monoisotopic (exact) mass is 403 g/mol. The van der Waals surface area contributed by atoms with Crippen LogP contribution in [0.5, 0.6) is 0 Å². The highest BCUT2D eigenvalue weighted by Crippen LogP contribution is 2.15. The summed E-state index contributed by atoms with van der Waals surface area (Å²) in [5.41, 5.74) is 2.02. The molecule has 0 aliphatic rings. The average Bonchev–Trinajstić information content (AvgIpc) is 2.98. The summed E-state index contributed by atoms with van der Waals surface area (Å²) < 4.78 is 2.75. The lowest BCUT2D eigenvalue weighted by molar-refractivity contribution is -0.115. The topological polar surface area (TPSA) is 46.9 Å². The molecule has 24 heavy (non-hydrogen) atoms. The van der Waals surface area contributed by atoms with E-state index in [1.807, 2.05) is 48.5 Å². The van der Waals surface area contributed by atoms with Gasteiger partial charge in [0.05, 0.1) is 19.2 Å². The number of carbonyl (C=O) groups is 1. The molecule has 3 aromatic rings. The largest absolute Gasteiger partial charge is 0.311 e. The molecule has 0 atom stereocenters. The summed E-state index contributed by atoms with van der Waals surface area (Å²) in [7, 11) is 0. The van der Waals surface area contributed by atoms with Crippen LogP contribution in [0.3, 0.4) is 0 Å². The molecule has 0 saturated heterocycles. The molecule has 1 heterocycles. The molecular weight excluding hydrogens is 390 g/mol. The second-order valence-corrected chi connectivity index (χ2v) is 6.70. The number of nitrogens with one attached hydrogen (secondary N) is 1. The number of amides is 1. The Labute approximate surface area is 153 Å². The normalized spacial score (nSPS) is 10.6. The number of aromatic nitrogens is 2. The third-order valence-corrected chi connectivity index (χ3v) is 4.29. The van der Waals surface area contributed by atoms with Gasteiger partial charge in [-0.1, -0.05) is 51.8 Å². The van der Waals surface area contributed by atoms with E-state index < -0.39 is 0 Å². The molecule has 0 spiro atoms. The highest BCUT2D eigenvalue weighted by Gasteiger charge is 2.09. The molecule has 4 nitrogen and oxygen atoms in total. The number of anilines is 1. The predicted octanol–water partition coefficient (Wildman–Crippen LogP) is 4.53. The maximum atomic E-state index is 12.2. The van der Waals surface area contributed by atoms with Gasteiger partial charge >= 0.3 is 0 Å². The third kappa shape index (κ3) is 4.46. The van der Waals surface area contributed by atoms with Crippen LogP contribution >= 0.6 is 27.5 Å². The van der Waals surface area contributed by atoms with E-state index in [2.05, 4.69) is 26.3 Å². The smallest absolute Gasteiger partial charge is 0.229 e. The van der Waals surface area contributed by atoms with Crippen LogP contribution in [0, 0.1) is 0 Å². The third-order valence-electron chi connectivity index (χ3n) is 3.51. The molecule has 6 heteroatoms. The first kappa shape index (κ1) is 16.7. The maximum absolute atomic E-state index is 12.2. The van der Waals surface area contributed by atoms with Crippen LogP contribution in [-0.2, 0) is 17.8 Å². The van der Waals surface area contributed by atoms with Gasteiger partial charge in [0.1, 0.15) is 5.82 Å². The molecule has 0 aliphatic carbocycles. The standard InChI is InChI=1S/C18H15BrClN3O/c19-15-5-1-13(2-6-15)11-18(24)22-17-9-10-21-23(17)12-14-3-7-16(20)8-4-14/h1-10H,11-12H2,(H,22,24). The van der Waals surface area contributed by atoms with Crippen molar-refractivity contribution in [3.8, 4) is 0 Å². The van der Waals surface area contributed by atoms with Crippen LogP contribution in [0.15, 0.2) is 65.3 Å². The number of carbonyl (C=O) groups excluding carboxylic acids is 1. The van der Waals surface area contributed by atoms with Gasteiger partial charge in [0.25, 0.3) is 0 Å². The molecule has 0 saturated carbocycles. The molecule has 3 rings (SSSR count). The minimum absolute atomic E-state index is 0.0739. The second kappa shape index (κ2) is 7.64. The van der Waals surface area contributed by atoms with Crippen molar-refractivity contribution in [3.05, 3.63) is 81.4 Å². The van der Waals surface area contributed by atoms with Gasteiger partial charge in [0.15, 0.2) is 0 Å². The summed E-state index contributed by atoms with van der Waals surface area (Å²) in [6.45, 7) is 0.568. The van der Waals surface area contributed by atoms with Crippen LogP contribution in [0.4, 0.5) is 5.82 Å². The lowest BCUT2D eigenvalue weighted by atomic mass is 10.1. The Bertz CT molecular complexity index is 828. The molecule has 2 aromatic carbocycles. The van der Waals surface area contributed by atoms with Gasteiger partial charge in [-0.05, 0) is 35.4 Å². The van der Waals surface area contributed by atoms with Crippen LogP contribution in [-0.4, -0.2) is 15.7 Å². The highest BCUT2D eigenvalue weighted by atomic mass is 79.9. The average molecular weight is 405 g/mol. The summed E-state index contributed by atoms with van der Waals surface area (Å²) in [5, 5.41) is 7.87. The number of halogens is 2. The zero-order valence-corrected chi connectivity index (χ0v) is 15.1. The first-order valence-corrected chi connectivity index (χ1v) is 8.58. The molecule has 0 aliphatic heterocycles. The molecule has 0 radical (unpaired) electrons. The summed E-state index contributed by atoms with van der Waals surface area (Å²) in [6.07, 6.45) is 1.99. The summed E-state index contributed by atoms with van der Waals surface area (Å²) in [4.78, 5) is 12.2. The first-order valence-electron chi connectivity index (χ1n) is 7.41. The van der Waals surface area contributed by atoms with Crippen molar-refractivity contribution in [2.75, 3.05) is 5.32 Å². The lowest BCUT2D eigenvalue weighted by Crippen LogP contribution is -2.18. The van der Waals surface area contributed by atoms with E-state index >= 15 is 0 Å².